The van der Waals surface area contributed by atoms with E-state index in [2.05, 4.69) is 34.9 Å². The minimum atomic E-state index is -0.558. The molecule has 4 aliphatic rings. The van der Waals surface area contributed by atoms with E-state index in [1.807, 2.05) is 20.9 Å². The first-order chi connectivity index (χ1) is 16.7. The van der Waals surface area contributed by atoms with Crippen molar-refractivity contribution in [3.8, 4) is 5.88 Å². The Kier molecular flexibility index (Phi) is 8.09. The first kappa shape index (κ1) is 26.0. The molecule has 196 valence electrons. The SMILES string of the molecule is CNCCNC(=O)C(C)(C)CCn1ncc(C(=O)NC2C3CC4CC(C3)CC2C4)c1OCC(C)C. The Labute approximate surface area is 210 Å². The van der Waals surface area contributed by atoms with E-state index >= 15 is 0 Å². The van der Waals surface area contributed by atoms with Gasteiger partial charge in [-0.25, -0.2) is 4.68 Å². The van der Waals surface area contributed by atoms with Crippen LogP contribution in [0.2, 0.25) is 0 Å². The average Bonchev–Trinajstić information content (AvgIpc) is 3.21. The molecule has 1 aromatic heterocycles. The second kappa shape index (κ2) is 10.9. The molecule has 4 aliphatic carbocycles. The maximum atomic E-state index is 13.5. The molecule has 1 heterocycles. The molecule has 2 amide bonds. The first-order valence-electron chi connectivity index (χ1n) is 13.6. The highest BCUT2D eigenvalue weighted by molar-refractivity contribution is 5.96. The van der Waals surface area contributed by atoms with E-state index in [1.165, 1.54) is 32.1 Å². The zero-order valence-corrected chi connectivity index (χ0v) is 22.2. The Morgan fingerprint density at radius 1 is 1.11 bits per heavy atom. The molecule has 0 unspecified atom stereocenters. The topological polar surface area (TPSA) is 97.3 Å². The summed E-state index contributed by atoms with van der Waals surface area (Å²) in [6, 6.07) is 0.275. The summed E-state index contributed by atoms with van der Waals surface area (Å²) in [7, 11) is 1.87. The van der Waals surface area contributed by atoms with Crippen LogP contribution < -0.4 is 20.7 Å². The lowest BCUT2D eigenvalue weighted by atomic mass is 9.54. The van der Waals surface area contributed by atoms with Gasteiger partial charge in [0.15, 0.2) is 0 Å². The van der Waals surface area contributed by atoms with Crippen LogP contribution in [-0.2, 0) is 11.3 Å². The predicted octanol–water partition coefficient (Wildman–Crippen LogP) is 3.22. The molecule has 8 heteroatoms. The summed E-state index contributed by atoms with van der Waals surface area (Å²) in [6.45, 7) is 10.4. The molecule has 3 N–H and O–H groups in total. The number of ether oxygens (including phenoxy) is 1. The molecule has 1 aromatic rings. The molecule has 0 saturated heterocycles. The number of carbonyl (C=O) groups is 2. The van der Waals surface area contributed by atoms with Crippen LogP contribution in [0, 0.1) is 35.0 Å². The Bertz CT molecular complexity index is 865. The van der Waals surface area contributed by atoms with Crippen molar-refractivity contribution in [2.45, 2.75) is 78.8 Å². The monoisotopic (exact) mass is 487 g/mol. The van der Waals surface area contributed by atoms with E-state index in [9.17, 15) is 9.59 Å². The van der Waals surface area contributed by atoms with Gasteiger partial charge in [0.05, 0.1) is 12.8 Å². The van der Waals surface area contributed by atoms with Crippen LogP contribution in [0.3, 0.4) is 0 Å². The molecule has 0 spiro atoms. The lowest BCUT2D eigenvalue weighted by Gasteiger charge is -2.54. The van der Waals surface area contributed by atoms with Crippen LogP contribution in [-0.4, -0.2) is 54.4 Å². The zero-order chi connectivity index (χ0) is 25.2. The predicted molar refractivity (Wildman–Crippen MR) is 136 cm³/mol. The third-order valence-electron chi connectivity index (χ3n) is 8.34. The van der Waals surface area contributed by atoms with Gasteiger partial charge in [-0.2, -0.15) is 5.10 Å². The Morgan fingerprint density at radius 2 is 1.77 bits per heavy atom. The number of aryl methyl sites for hydroxylation is 1. The van der Waals surface area contributed by atoms with E-state index < -0.39 is 5.41 Å². The van der Waals surface area contributed by atoms with Gasteiger partial charge in [0.1, 0.15) is 5.56 Å². The second-order valence-corrected chi connectivity index (χ2v) is 12.2. The van der Waals surface area contributed by atoms with Gasteiger partial charge in [0, 0.05) is 31.1 Å². The molecule has 8 nitrogen and oxygen atoms in total. The van der Waals surface area contributed by atoms with Gasteiger partial charge in [0.2, 0.25) is 11.8 Å². The van der Waals surface area contributed by atoms with Crippen molar-refractivity contribution >= 4 is 11.8 Å². The molecule has 35 heavy (non-hydrogen) atoms. The van der Waals surface area contributed by atoms with E-state index in [1.54, 1.807) is 10.9 Å². The highest BCUT2D eigenvalue weighted by atomic mass is 16.5. The lowest BCUT2D eigenvalue weighted by Crippen LogP contribution is -2.55. The van der Waals surface area contributed by atoms with Crippen molar-refractivity contribution in [2.75, 3.05) is 26.7 Å². The molecule has 4 saturated carbocycles. The summed E-state index contributed by atoms with van der Waals surface area (Å²) < 4.78 is 7.89. The molecule has 0 atom stereocenters. The fraction of sp³-hybridized carbons (Fsp3) is 0.815. The Morgan fingerprint density at radius 3 is 2.37 bits per heavy atom. The van der Waals surface area contributed by atoms with Gasteiger partial charge in [-0.15, -0.1) is 0 Å². The number of rotatable bonds is 12. The largest absolute Gasteiger partial charge is 0.477 e. The van der Waals surface area contributed by atoms with Crippen molar-refractivity contribution in [1.82, 2.24) is 25.7 Å². The van der Waals surface area contributed by atoms with Crippen molar-refractivity contribution in [3.05, 3.63) is 11.8 Å². The third kappa shape index (κ3) is 6.01. The molecule has 0 aromatic carbocycles. The zero-order valence-electron chi connectivity index (χ0n) is 22.2. The van der Waals surface area contributed by atoms with Crippen LogP contribution in [0.1, 0.15) is 76.6 Å². The minimum absolute atomic E-state index is 0.0180. The van der Waals surface area contributed by atoms with Crippen molar-refractivity contribution in [2.24, 2.45) is 35.0 Å². The fourth-order valence-corrected chi connectivity index (χ4v) is 6.52. The van der Waals surface area contributed by atoms with E-state index in [4.69, 9.17) is 4.74 Å². The Balaban J connectivity index is 1.43. The number of amides is 2. The van der Waals surface area contributed by atoms with E-state index in [-0.39, 0.29) is 17.9 Å². The molecule has 5 rings (SSSR count). The van der Waals surface area contributed by atoms with Crippen molar-refractivity contribution in [3.63, 3.8) is 0 Å². The third-order valence-corrected chi connectivity index (χ3v) is 8.34. The molecule has 0 aliphatic heterocycles. The van der Waals surface area contributed by atoms with Crippen LogP contribution in [0.15, 0.2) is 6.20 Å². The first-order valence-corrected chi connectivity index (χ1v) is 13.6. The number of aromatic nitrogens is 2. The Hall–Kier alpha value is -2.09. The molecular formula is C27H45N5O3. The highest BCUT2D eigenvalue weighted by Gasteiger charge is 2.48. The standard InChI is InChI=1S/C27H45N5O3/c1-17(2)16-35-25-22(15-30-32(25)9-6-27(3,4)26(34)29-8-7-28-5)24(33)31-23-20-11-18-10-19(13-20)14-21(23)12-18/h15,17-21,23,28H,6-14,16H2,1-5H3,(H,29,34)(H,31,33). The highest BCUT2D eigenvalue weighted by Crippen LogP contribution is 2.53. The van der Waals surface area contributed by atoms with Crippen molar-refractivity contribution in [1.29, 1.82) is 0 Å². The molecule has 4 fully saturated rings. The summed E-state index contributed by atoms with van der Waals surface area (Å²) in [5.41, 5.74) is -0.0478. The number of hydrogen-bond donors (Lipinski definition) is 3. The summed E-state index contributed by atoms with van der Waals surface area (Å²) in [5.74, 6) is 3.77. The number of hydrogen-bond acceptors (Lipinski definition) is 5. The summed E-state index contributed by atoms with van der Waals surface area (Å²) in [6.07, 6.45) is 8.69. The lowest BCUT2D eigenvalue weighted by molar-refractivity contribution is -0.129. The molecular weight excluding hydrogens is 442 g/mol. The quantitative estimate of drug-likeness (QED) is 0.393. The fourth-order valence-electron chi connectivity index (χ4n) is 6.52. The number of carbonyl (C=O) groups excluding carboxylic acids is 2. The minimum Gasteiger partial charge on any atom is -0.477 e. The maximum Gasteiger partial charge on any atom is 0.258 e. The van der Waals surface area contributed by atoms with Crippen LogP contribution in [0.25, 0.3) is 0 Å². The average molecular weight is 488 g/mol. The summed E-state index contributed by atoms with van der Waals surface area (Å²) >= 11 is 0. The van der Waals surface area contributed by atoms with Crippen LogP contribution in [0.5, 0.6) is 5.88 Å². The number of nitrogens with zero attached hydrogens (tertiary/aromatic N) is 2. The molecule has 0 radical (unpaired) electrons. The normalized spacial score (nSPS) is 27.3. The van der Waals surface area contributed by atoms with Crippen LogP contribution >= 0.6 is 0 Å². The van der Waals surface area contributed by atoms with Gasteiger partial charge in [-0.3, -0.25) is 9.59 Å². The van der Waals surface area contributed by atoms with Gasteiger partial charge in [-0.1, -0.05) is 27.7 Å². The maximum absolute atomic E-state index is 13.5. The smallest absolute Gasteiger partial charge is 0.258 e. The van der Waals surface area contributed by atoms with Crippen molar-refractivity contribution < 1.29 is 14.3 Å². The van der Waals surface area contributed by atoms with Crippen LogP contribution in [0.4, 0.5) is 0 Å². The number of likely N-dealkylation sites (N-methyl/N-ethyl adjacent to an activating group) is 1. The number of nitrogens with one attached hydrogen (secondary N) is 3. The van der Waals surface area contributed by atoms with E-state index in [0.29, 0.717) is 55.3 Å². The van der Waals surface area contributed by atoms with Gasteiger partial charge in [0.25, 0.3) is 5.91 Å². The second-order valence-electron chi connectivity index (χ2n) is 12.2. The van der Waals surface area contributed by atoms with Gasteiger partial charge in [-0.05, 0) is 75.2 Å². The molecule has 4 bridgehead atoms. The van der Waals surface area contributed by atoms with Gasteiger partial charge >= 0.3 is 0 Å². The van der Waals surface area contributed by atoms with E-state index in [0.717, 1.165) is 18.4 Å². The van der Waals surface area contributed by atoms with Gasteiger partial charge < -0.3 is 20.7 Å². The summed E-state index contributed by atoms with van der Waals surface area (Å²) in [4.78, 5) is 26.1. The summed E-state index contributed by atoms with van der Waals surface area (Å²) in [5, 5.41) is 13.9.